The Morgan fingerprint density at radius 2 is 1.73 bits per heavy atom. The van der Waals surface area contributed by atoms with Crippen molar-refractivity contribution in [1.82, 2.24) is 25.0 Å². The number of likely N-dealkylation sites (tertiary alicyclic amines) is 1. The third-order valence-electron chi connectivity index (χ3n) is 5.92. The first-order valence-electron chi connectivity index (χ1n) is 11.5. The van der Waals surface area contributed by atoms with Crippen LogP contribution < -0.4 is 5.32 Å². The molecular formula is C22H38N6OS. The summed E-state index contributed by atoms with van der Waals surface area (Å²) in [7, 11) is 0. The lowest BCUT2D eigenvalue weighted by Gasteiger charge is -2.37. The van der Waals surface area contributed by atoms with Gasteiger partial charge < -0.3 is 15.1 Å². The quantitative estimate of drug-likeness (QED) is 0.550. The summed E-state index contributed by atoms with van der Waals surface area (Å²) in [6.07, 6.45) is 5.77. The van der Waals surface area contributed by atoms with Gasteiger partial charge in [0.25, 0.3) is 0 Å². The molecule has 2 aliphatic rings. The molecule has 0 unspecified atom stereocenters. The summed E-state index contributed by atoms with van der Waals surface area (Å²) < 4.78 is 0. The normalized spacial score (nSPS) is 19.1. The molecule has 0 saturated carbocycles. The lowest BCUT2D eigenvalue weighted by molar-refractivity contribution is -0.132. The molecule has 1 aromatic rings. The molecule has 2 aliphatic heterocycles. The molecule has 3 heterocycles. The number of rotatable bonds is 6. The zero-order valence-corrected chi connectivity index (χ0v) is 19.8. The molecule has 0 spiro atoms. The Kier molecular flexibility index (Phi) is 8.93. The number of amides is 1. The zero-order chi connectivity index (χ0) is 21.3. The van der Waals surface area contributed by atoms with Crippen molar-refractivity contribution in [2.24, 2.45) is 4.99 Å². The minimum Gasteiger partial charge on any atom is -0.357 e. The Hall–Kier alpha value is -1.67. The molecule has 1 N–H and O–H groups in total. The maximum absolute atomic E-state index is 12.7. The van der Waals surface area contributed by atoms with E-state index in [0.717, 1.165) is 88.3 Å². The van der Waals surface area contributed by atoms with E-state index >= 15 is 0 Å². The summed E-state index contributed by atoms with van der Waals surface area (Å²) >= 11 is 1.78. The molecule has 30 heavy (non-hydrogen) atoms. The van der Waals surface area contributed by atoms with Crippen molar-refractivity contribution in [1.29, 1.82) is 0 Å². The first-order valence-corrected chi connectivity index (χ1v) is 12.3. The summed E-state index contributed by atoms with van der Waals surface area (Å²) in [6.45, 7) is 14.0. The van der Waals surface area contributed by atoms with Crippen LogP contribution in [0.2, 0.25) is 0 Å². The molecule has 168 valence electrons. The monoisotopic (exact) mass is 434 g/mol. The molecule has 3 rings (SSSR count). The number of nitrogens with zero attached hydrogens (tertiary/aromatic N) is 5. The second kappa shape index (κ2) is 11.6. The second-order valence-electron chi connectivity index (χ2n) is 8.29. The maximum Gasteiger partial charge on any atom is 0.236 e. The van der Waals surface area contributed by atoms with Gasteiger partial charge in [0.2, 0.25) is 5.91 Å². The van der Waals surface area contributed by atoms with Crippen molar-refractivity contribution in [3.05, 3.63) is 15.6 Å². The van der Waals surface area contributed by atoms with Crippen LogP contribution in [-0.2, 0) is 11.2 Å². The number of aliphatic imine (C=N–C) groups is 1. The van der Waals surface area contributed by atoms with Crippen LogP contribution in [0.15, 0.2) is 4.99 Å². The van der Waals surface area contributed by atoms with Crippen LogP contribution >= 0.6 is 11.3 Å². The van der Waals surface area contributed by atoms with Gasteiger partial charge in [-0.15, -0.1) is 11.3 Å². The molecule has 0 aromatic carbocycles. The Labute approximate surface area is 185 Å². The number of thiazole rings is 1. The second-order valence-corrected chi connectivity index (χ2v) is 9.57. The number of carbonyl (C=O) groups is 1. The van der Waals surface area contributed by atoms with Gasteiger partial charge in [-0.1, -0.05) is 12.8 Å². The predicted molar refractivity (Wildman–Crippen MR) is 124 cm³/mol. The van der Waals surface area contributed by atoms with Crippen molar-refractivity contribution in [3.63, 3.8) is 0 Å². The number of guanidine groups is 1. The van der Waals surface area contributed by atoms with E-state index in [9.17, 15) is 4.79 Å². The third-order valence-corrected chi connectivity index (χ3v) is 7.06. The summed E-state index contributed by atoms with van der Waals surface area (Å²) in [4.78, 5) is 30.1. The maximum atomic E-state index is 12.7. The highest BCUT2D eigenvalue weighted by molar-refractivity contribution is 7.11. The number of carbonyl (C=O) groups excluding carboxylic acids is 1. The number of piperazine rings is 1. The van der Waals surface area contributed by atoms with Crippen LogP contribution in [0.4, 0.5) is 0 Å². The highest BCUT2D eigenvalue weighted by Crippen LogP contribution is 2.17. The van der Waals surface area contributed by atoms with Crippen molar-refractivity contribution in [2.45, 2.75) is 52.9 Å². The van der Waals surface area contributed by atoms with Gasteiger partial charge in [0.1, 0.15) is 0 Å². The van der Waals surface area contributed by atoms with Gasteiger partial charge in [0.15, 0.2) is 5.96 Å². The molecule has 0 aliphatic carbocycles. The highest BCUT2D eigenvalue weighted by Gasteiger charge is 2.23. The van der Waals surface area contributed by atoms with Gasteiger partial charge in [-0.3, -0.25) is 14.7 Å². The standard InChI is InChI=1S/C22H38N6OS/c1-4-23-22(24-10-9-20-18(2)25-19(3)30-20)28-15-13-26(14-16-28)17-21(29)27-11-7-5-6-8-12-27/h4-17H2,1-3H3,(H,23,24). The molecule has 0 radical (unpaired) electrons. The third kappa shape index (κ3) is 6.67. The SMILES string of the molecule is CCNC(=NCCc1sc(C)nc1C)N1CCN(CC(=O)N2CCCCCC2)CC1. The van der Waals surface area contributed by atoms with E-state index in [4.69, 9.17) is 4.99 Å². The fraction of sp³-hybridized carbons (Fsp3) is 0.773. The fourth-order valence-electron chi connectivity index (χ4n) is 4.22. The van der Waals surface area contributed by atoms with Crippen LogP contribution in [-0.4, -0.2) is 90.5 Å². The van der Waals surface area contributed by atoms with Gasteiger partial charge in [-0.05, 0) is 33.6 Å². The Balaban J connectivity index is 1.47. The van der Waals surface area contributed by atoms with E-state index in [1.54, 1.807) is 11.3 Å². The molecule has 1 amide bonds. The van der Waals surface area contributed by atoms with Crippen molar-refractivity contribution in [2.75, 3.05) is 58.9 Å². The number of aromatic nitrogens is 1. The van der Waals surface area contributed by atoms with Crippen LogP contribution in [0.3, 0.4) is 0 Å². The molecule has 8 heteroatoms. The van der Waals surface area contributed by atoms with Gasteiger partial charge in [0, 0.05) is 63.7 Å². The minimum absolute atomic E-state index is 0.307. The topological polar surface area (TPSA) is 64.1 Å². The molecule has 2 fully saturated rings. The molecule has 0 bridgehead atoms. The average Bonchev–Trinajstić information content (AvgIpc) is 2.92. The molecule has 1 aromatic heterocycles. The van der Waals surface area contributed by atoms with E-state index in [1.807, 2.05) is 0 Å². The predicted octanol–water partition coefficient (Wildman–Crippen LogP) is 2.29. The fourth-order valence-corrected chi connectivity index (χ4v) is 5.15. The largest absolute Gasteiger partial charge is 0.357 e. The molecular weight excluding hydrogens is 396 g/mol. The molecule has 0 atom stereocenters. The zero-order valence-electron chi connectivity index (χ0n) is 19.0. The van der Waals surface area contributed by atoms with E-state index < -0.39 is 0 Å². The van der Waals surface area contributed by atoms with Gasteiger partial charge in [-0.2, -0.15) is 0 Å². The van der Waals surface area contributed by atoms with E-state index in [-0.39, 0.29) is 0 Å². The summed E-state index contributed by atoms with van der Waals surface area (Å²) in [5.74, 6) is 1.30. The lowest BCUT2D eigenvalue weighted by Crippen LogP contribution is -2.54. The average molecular weight is 435 g/mol. The van der Waals surface area contributed by atoms with Crippen molar-refractivity contribution >= 4 is 23.2 Å². The van der Waals surface area contributed by atoms with Gasteiger partial charge in [0.05, 0.1) is 17.2 Å². The van der Waals surface area contributed by atoms with Crippen LogP contribution in [0.1, 0.15) is 48.2 Å². The summed E-state index contributed by atoms with van der Waals surface area (Å²) in [6, 6.07) is 0. The number of hydrogen-bond donors (Lipinski definition) is 1. The Bertz CT molecular complexity index is 702. The first kappa shape index (κ1) is 23.0. The van der Waals surface area contributed by atoms with Crippen LogP contribution in [0, 0.1) is 13.8 Å². The smallest absolute Gasteiger partial charge is 0.236 e. The van der Waals surface area contributed by atoms with Crippen molar-refractivity contribution < 1.29 is 4.79 Å². The van der Waals surface area contributed by atoms with Crippen LogP contribution in [0.5, 0.6) is 0 Å². The van der Waals surface area contributed by atoms with Crippen LogP contribution in [0.25, 0.3) is 0 Å². The highest BCUT2D eigenvalue weighted by atomic mass is 32.1. The minimum atomic E-state index is 0.307. The van der Waals surface area contributed by atoms with E-state index in [1.165, 1.54) is 17.7 Å². The molecule has 7 nitrogen and oxygen atoms in total. The Morgan fingerprint density at radius 3 is 2.33 bits per heavy atom. The number of aryl methyl sites for hydroxylation is 2. The Morgan fingerprint density at radius 1 is 1.03 bits per heavy atom. The summed E-state index contributed by atoms with van der Waals surface area (Å²) in [5, 5.41) is 4.57. The number of nitrogens with one attached hydrogen (secondary N) is 1. The first-order chi connectivity index (χ1) is 14.6. The van der Waals surface area contributed by atoms with E-state index in [2.05, 4.69) is 45.8 Å². The number of hydrogen-bond acceptors (Lipinski definition) is 5. The van der Waals surface area contributed by atoms with Crippen molar-refractivity contribution in [3.8, 4) is 0 Å². The molecule has 2 saturated heterocycles. The van der Waals surface area contributed by atoms with E-state index in [0.29, 0.717) is 12.5 Å². The lowest BCUT2D eigenvalue weighted by atomic mass is 10.2. The van der Waals surface area contributed by atoms with Gasteiger partial charge in [-0.25, -0.2) is 4.98 Å². The summed E-state index contributed by atoms with van der Waals surface area (Å²) in [5.41, 5.74) is 1.14. The van der Waals surface area contributed by atoms with Gasteiger partial charge >= 0.3 is 0 Å².